The number of benzene rings is 3. The number of Topliss-reactive ketones (excluding diaryl/α,β-unsaturated/α-hetero) is 1. The zero-order chi connectivity index (χ0) is 26.2. The number of unbranched alkanes of at least 4 members (excludes halogenated alkanes) is 2. The number of hydrogen-bond acceptors (Lipinski definition) is 5. The van der Waals surface area contributed by atoms with Gasteiger partial charge in [-0.2, -0.15) is 0 Å². The van der Waals surface area contributed by atoms with Crippen LogP contribution in [-0.4, -0.2) is 41.6 Å². The van der Waals surface area contributed by atoms with Gasteiger partial charge in [0.05, 0.1) is 11.8 Å². The van der Waals surface area contributed by atoms with E-state index in [1.165, 1.54) is 27.2 Å². The zero-order valence-electron chi connectivity index (χ0n) is 21.0. The molecule has 2 atom stereocenters. The monoisotopic (exact) mass is 507 g/mol. The Balaban J connectivity index is 1.04. The first kappa shape index (κ1) is 24.3. The van der Waals surface area contributed by atoms with Gasteiger partial charge in [-0.25, -0.2) is 0 Å². The van der Waals surface area contributed by atoms with Gasteiger partial charge < -0.3 is 4.74 Å². The molecule has 0 aromatic heterocycles. The number of nitrogens with zero attached hydrogens (tertiary/aromatic N) is 1. The molecule has 6 heteroatoms. The van der Waals surface area contributed by atoms with Crippen LogP contribution in [0.5, 0.6) is 0 Å². The third-order valence-electron chi connectivity index (χ3n) is 8.26. The van der Waals surface area contributed by atoms with E-state index >= 15 is 0 Å². The van der Waals surface area contributed by atoms with Crippen LogP contribution in [-0.2, 0) is 19.1 Å². The minimum Gasteiger partial charge on any atom is -0.457 e. The van der Waals surface area contributed by atoms with Crippen molar-refractivity contribution >= 4 is 23.6 Å². The van der Waals surface area contributed by atoms with E-state index in [4.69, 9.17) is 4.74 Å². The summed E-state index contributed by atoms with van der Waals surface area (Å²) in [5.41, 5.74) is 5.20. The molecule has 2 amide bonds. The summed E-state index contributed by atoms with van der Waals surface area (Å²) in [5.74, 6) is -1.68. The quantitative estimate of drug-likeness (QED) is 0.179. The van der Waals surface area contributed by atoms with Crippen LogP contribution in [0.25, 0.3) is 0 Å². The number of ketones is 1. The third kappa shape index (κ3) is 4.05. The second-order valence-electron chi connectivity index (χ2n) is 10.4. The molecule has 1 saturated heterocycles. The SMILES string of the molecule is O=C(CCCCCN1C(=O)[C@H]2C3c4ccccc4C(c4ccccc43)[C@@H]2C1=O)OCC(=O)c1ccccc1. The van der Waals surface area contributed by atoms with Gasteiger partial charge >= 0.3 is 5.97 Å². The molecule has 6 nitrogen and oxygen atoms in total. The Morgan fingerprint density at radius 3 is 1.68 bits per heavy atom. The Hall–Kier alpha value is -4.06. The van der Waals surface area contributed by atoms with Crippen LogP contribution < -0.4 is 0 Å². The Bertz CT molecular complexity index is 1300. The number of carbonyl (C=O) groups excluding carboxylic acids is 4. The lowest BCUT2D eigenvalue weighted by Crippen LogP contribution is -2.41. The summed E-state index contributed by atoms with van der Waals surface area (Å²) < 4.78 is 5.12. The standard InChI is InChI=1S/C32H29NO5/c34-25(20-11-3-1-4-12-20)19-38-26(35)17-5-2-10-18-33-31(36)29-27-21-13-6-7-14-22(21)28(30(29)32(33)37)24-16-9-8-15-23(24)27/h1,3-4,6-9,11-16,27-30H,2,5,10,17-19H2/t27?,28?,29-,30-/m0/s1. The lowest BCUT2D eigenvalue weighted by atomic mass is 9.55. The van der Waals surface area contributed by atoms with Crippen molar-refractivity contribution in [1.29, 1.82) is 0 Å². The van der Waals surface area contributed by atoms with E-state index in [1.54, 1.807) is 24.3 Å². The van der Waals surface area contributed by atoms with Gasteiger partial charge in [-0.1, -0.05) is 85.3 Å². The second-order valence-corrected chi connectivity index (χ2v) is 10.4. The molecular weight excluding hydrogens is 478 g/mol. The van der Waals surface area contributed by atoms with Gasteiger partial charge in [0, 0.05) is 30.4 Å². The smallest absolute Gasteiger partial charge is 0.306 e. The maximum atomic E-state index is 13.6. The van der Waals surface area contributed by atoms with Crippen molar-refractivity contribution in [3.63, 3.8) is 0 Å². The van der Waals surface area contributed by atoms with Crippen LogP contribution in [0.15, 0.2) is 78.9 Å². The Morgan fingerprint density at radius 2 is 1.16 bits per heavy atom. The highest BCUT2D eigenvalue weighted by Crippen LogP contribution is 2.60. The van der Waals surface area contributed by atoms with E-state index < -0.39 is 5.97 Å². The summed E-state index contributed by atoms with van der Waals surface area (Å²) in [6.07, 6.45) is 2.08. The minimum atomic E-state index is -0.416. The molecule has 2 bridgehead atoms. The fraction of sp³-hybridized carbons (Fsp3) is 0.312. The number of hydrogen-bond donors (Lipinski definition) is 0. The van der Waals surface area contributed by atoms with Gasteiger partial charge in [-0.15, -0.1) is 0 Å². The molecule has 0 spiro atoms. The van der Waals surface area contributed by atoms with Crippen molar-refractivity contribution < 1.29 is 23.9 Å². The van der Waals surface area contributed by atoms with Crippen LogP contribution in [0, 0.1) is 11.8 Å². The van der Waals surface area contributed by atoms with Crippen LogP contribution in [0.2, 0.25) is 0 Å². The third-order valence-corrected chi connectivity index (χ3v) is 8.26. The predicted octanol–water partition coefficient (Wildman–Crippen LogP) is 4.87. The van der Waals surface area contributed by atoms with E-state index in [2.05, 4.69) is 24.3 Å². The topological polar surface area (TPSA) is 80.8 Å². The molecule has 1 aliphatic heterocycles. The minimum absolute atomic E-state index is 0.0714. The Labute approximate surface area is 221 Å². The molecule has 1 heterocycles. The summed E-state index contributed by atoms with van der Waals surface area (Å²) in [6.45, 7) is 0.0911. The molecule has 192 valence electrons. The van der Waals surface area contributed by atoms with Crippen LogP contribution in [0.3, 0.4) is 0 Å². The highest BCUT2D eigenvalue weighted by Gasteiger charge is 2.61. The van der Waals surface area contributed by atoms with Crippen molar-refractivity contribution in [3.8, 4) is 0 Å². The molecule has 3 aromatic carbocycles. The number of imide groups is 1. The Morgan fingerprint density at radius 1 is 0.658 bits per heavy atom. The second kappa shape index (κ2) is 10.0. The zero-order valence-corrected chi connectivity index (χ0v) is 21.0. The van der Waals surface area contributed by atoms with E-state index in [0.717, 1.165) is 0 Å². The van der Waals surface area contributed by atoms with Gasteiger partial charge in [0.25, 0.3) is 0 Å². The lowest BCUT2D eigenvalue weighted by Gasteiger charge is -2.45. The summed E-state index contributed by atoms with van der Waals surface area (Å²) in [4.78, 5) is 52.8. The average Bonchev–Trinajstić information content (AvgIpc) is 3.21. The largest absolute Gasteiger partial charge is 0.457 e. The van der Waals surface area contributed by atoms with Gasteiger partial charge in [0.15, 0.2) is 12.4 Å². The van der Waals surface area contributed by atoms with E-state index in [9.17, 15) is 19.2 Å². The van der Waals surface area contributed by atoms with Crippen LogP contribution in [0.4, 0.5) is 0 Å². The van der Waals surface area contributed by atoms with Gasteiger partial charge in [-0.05, 0) is 35.1 Å². The molecule has 0 saturated carbocycles. The molecule has 3 aromatic rings. The van der Waals surface area contributed by atoms with Gasteiger partial charge in [0.2, 0.25) is 11.8 Å². The first-order valence-electron chi connectivity index (χ1n) is 13.3. The number of esters is 1. The fourth-order valence-electron chi connectivity index (χ4n) is 6.60. The van der Waals surface area contributed by atoms with Crippen LogP contribution >= 0.6 is 0 Å². The molecule has 4 aliphatic rings. The van der Waals surface area contributed by atoms with E-state index in [1.807, 2.05) is 30.3 Å². The van der Waals surface area contributed by atoms with Crippen LogP contribution in [0.1, 0.15) is 70.1 Å². The number of rotatable bonds is 9. The number of carbonyl (C=O) groups is 4. The average molecular weight is 508 g/mol. The first-order valence-corrected chi connectivity index (χ1v) is 13.3. The normalized spacial score (nSPS) is 22.6. The highest BCUT2D eigenvalue weighted by atomic mass is 16.5. The van der Waals surface area contributed by atoms with Crippen molar-refractivity contribution in [2.75, 3.05) is 13.2 Å². The maximum absolute atomic E-state index is 13.6. The number of ether oxygens (including phenoxy) is 1. The Kier molecular flexibility index (Phi) is 6.40. The summed E-state index contributed by atoms with van der Waals surface area (Å²) in [7, 11) is 0. The maximum Gasteiger partial charge on any atom is 0.306 e. The highest BCUT2D eigenvalue weighted by molar-refractivity contribution is 6.07. The molecule has 0 radical (unpaired) electrons. The van der Waals surface area contributed by atoms with Gasteiger partial charge in [-0.3, -0.25) is 24.1 Å². The van der Waals surface area contributed by atoms with Crippen molar-refractivity contribution in [2.24, 2.45) is 11.8 Å². The summed E-state index contributed by atoms with van der Waals surface area (Å²) in [5, 5.41) is 0. The van der Waals surface area contributed by atoms with E-state index in [-0.39, 0.29) is 54.3 Å². The van der Waals surface area contributed by atoms with Crippen molar-refractivity contribution in [2.45, 2.75) is 37.5 Å². The van der Waals surface area contributed by atoms with Gasteiger partial charge in [0.1, 0.15) is 0 Å². The number of likely N-dealkylation sites (tertiary alicyclic amines) is 1. The lowest BCUT2D eigenvalue weighted by molar-refractivity contribution is -0.143. The molecule has 0 N–H and O–H groups in total. The predicted molar refractivity (Wildman–Crippen MR) is 140 cm³/mol. The van der Waals surface area contributed by atoms with Crippen molar-refractivity contribution in [1.82, 2.24) is 4.90 Å². The van der Waals surface area contributed by atoms with Crippen molar-refractivity contribution in [3.05, 3.63) is 107 Å². The molecule has 7 rings (SSSR count). The summed E-state index contributed by atoms with van der Waals surface area (Å²) >= 11 is 0. The summed E-state index contributed by atoms with van der Waals surface area (Å²) in [6, 6.07) is 25.2. The molecule has 3 aliphatic carbocycles. The fourth-order valence-corrected chi connectivity index (χ4v) is 6.60. The molecule has 0 unspecified atom stereocenters. The first-order chi connectivity index (χ1) is 18.6. The molecular formula is C32H29NO5. The molecule has 1 fully saturated rings. The molecule has 38 heavy (non-hydrogen) atoms. The number of amides is 2. The van der Waals surface area contributed by atoms with E-state index in [0.29, 0.717) is 31.4 Å².